The van der Waals surface area contributed by atoms with Gasteiger partial charge in [0.1, 0.15) is 0 Å². The van der Waals surface area contributed by atoms with Crippen molar-refractivity contribution in [3.8, 4) is 11.3 Å². The fourth-order valence-electron chi connectivity index (χ4n) is 2.27. The lowest BCUT2D eigenvalue weighted by molar-refractivity contribution is 1.08. The molecule has 0 fully saturated rings. The highest BCUT2D eigenvalue weighted by Gasteiger charge is 2.08. The molecular formula is C16H17N5. The van der Waals surface area contributed by atoms with Crippen LogP contribution >= 0.6 is 0 Å². The van der Waals surface area contributed by atoms with Gasteiger partial charge in [0.05, 0.1) is 23.3 Å². The first-order valence-electron chi connectivity index (χ1n) is 6.85. The maximum absolute atomic E-state index is 4.46. The van der Waals surface area contributed by atoms with E-state index in [1.54, 1.807) is 6.20 Å². The summed E-state index contributed by atoms with van der Waals surface area (Å²) in [6.45, 7) is 4.69. The molecule has 3 aromatic rings. The molecule has 0 aliphatic rings. The molecule has 2 N–H and O–H groups in total. The number of rotatable bonds is 4. The molecule has 0 radical (unpaired) electrons. The maximum atomic E-state index is 4.46. The molecule has 0 unspecified atom stereocenters. The third-order valence-electron chi connectivity index (χ3n) is 3.36. The van der Waals surface area contributed by atoms with Gasteiger partial charge in [0.25, 0.3) is 0 Å². The summed E-state index contributed by atoms with van der Waals surface area (Å²) in [5.74, 6) is 0. The fraction of sp³-hybridized carbons (Fsp3) is 0.188. The smallest absolute Gasteiger partial charge is 0.0715 e. The minimum Gasteiger partial charge on any atom is -0.379 e. The number of aryl methyl sites for hydroxylation is 2. The average molecular weight is 279 g/mol. The standard InChI is InChI=1S/C16H17N5/c1-11-5-6-15(12(2)20-11)18-9-14-10-19-21-16(14)13-4-3-7-17-8-13/h3-8,10,18H,9H2,1-2H3,(H,19,21). The van der Waals surface area contributed by atoms with Crippen LogP contribution in [0.1, 0.15) is 17.0 Å². The number of nitrogens with zero attached hydrogens (tertiary/aromatic N) is 3. The first-order chi connectivity index (χ1) is 10.2. The normalized spacial score (nSPS) is 10.6. The van der Waals surface area contributed by atoms with Crippen LogP contribution in [-0.4, -0.2) is 20.2 Å². The van der Waals surface area contributed by atoms with Gasteiger partial charge in [-0.15, -0.1) is 0 Å². The number of nitrogens with one attached hydrogen (secondary N) is 2. The van der Waals surface area contributed by atoms with Gasteiger partial charge in [0.15, 0.2) is 0 Å². The topological polar surface area (TPSA) is 66.5 Å². The third kappa shape index (κ3) is 2.91. The van der Waals surface area contributed by atoms with Crippen LogP contribution in [0.25, 0.3) is 11.3 Å². The number of anilines is 1. The molecule has 0 aliphatic heterocycles. The molecule has 0 aliphatic carbocycles. The van der Waals surface area contributed by atoms with Gasteiger partial charge in [-0.1, -0.05) is 0 Å². The van der Waals surface area contributed by atoms with Gasteiger partial charge in [0.2, 0.25) is 0 Å². The van der Waals surface area contributed by atoms with Crippen molar-refractivity contribution in [3.05, 3.63) is 59.8 Å². The molecule has 0 saturated heterocycles. The summed E-state index contributed by atoms with van der Waals surface area (Å²) in [5.41, 5.74) is 6.19. The summed E-state index contributed by atoms with van der Waals surface area (Å²) < 4.78 is 0. The summed E-state index contributed by atoms with van der Waals surface area (Å²) >= 11 is 0. The van der Waals surface area contributed by atoms with Crippen molar-refractivity contribution in [2.75, 3.05) is 5.32 Å². The second kappa shape index (κ2) is 5.75. The van der Waals surface area contributed by atoms with E-state index in [1.807, 2.05) is 44.4 Å². The molecule has 21 heavy (non-hydrogen) atoms. The number of aromatic amines is 1. The Morgan fingerprint density at radius 1 is 1.14 bits per heavy atom. The van der Waals surface area contributed by atoms with Crippen LogP contribution in [0, 0.1) is 13.8 Å². The van der Waals surface area contributed by atoms with Gasteiger partial charge >= 0.3 is 0 Å². The van der Waals surface area contributed by atoms with Crippen molar-refractivity contribution in [2.45, 2.75) is 20.4 Å². The molecule has 0 spiro atoms. The van der Waals surface area contributed by atoms with Crippen molar-refractivity contribution < 1.29 is 0 Å². The SMILES string of the molecule is Cc1ccc(NCc2cn[nH]c2-c2cccnc2)c(C)n1. The van der Waals surface area contributed by atoms with Gasteiger partial charge in [-0.3, -0.25) is 15.1 Å². The molecule has 0 saturated carbocycles. The highest BCUT2D eigenvalue weighted by Crippen LogP contribution is 2.21. The lowest BCUT2D eigenvalue weighted by Gasteiger charge is -2.09. The number of hydrogen-bond acceptors (Lipinski definition) is 4. The predicted octanol–water partition coefficient (Wildman–Crippen LogP) is 3.10. The molecule has 0 aromatic carbocycles. The first-order valence-corrected chi connectivity index (χ1v) is 6.85. The van der Waals surface area contributed by atoms with E-state index >= 15 is 0 Å². The van der Waals surface area contributed by atoms with Crippen LogP contribution in [-0.2, 0) is 6.54 Å². The zero-order valence-corrected chi connectivity index (χ0v) is 12.1. The number of pyridine rings is 2. The molecule has 3 aromatic heterocycles. The fourth-order valence-corrected chi connectivity index (χ4v) is 2.27. The molecule has 3 heterocycles. The Morgan fingerprint density at radius 3 is 2.81 bits per heavy atom. The summed E-state index contributed by atoms with van der Waals surface area (Å²) in [6, 6.07) is 8.00. The number of aromatic nitrogens is 4. The van der Waals surface area contributed by atoms with Gasteiger partial charge < -0.3 is 5.32 Å². The highest BCUT2D eigenvalue weighted by molar-refractivity contribution is 5.62. The van der Waals surface area contributed by atoms with Crippen molar-refractivity contribution in [3.63, 3.8) is 0 Å². The summed E-state index contributed by atoms with van der Waals surface area (Å²) in [7, 11) is 0. The van der Waals surface area contributed by atoms with E-state index < -0.39 is 0 Å². The van der Waals surface area contributed by atoms with E-state index in [1.165, 1.54) is 0 Å². The Bertz CT molecular complexity index is 733. The van der Waals surface area contributed by atoms with Crippen LogP contribution in [0.2, 0.25) is 0 Å². The van der Waals surface area contributed by atoms with Crippen LogP contribution in [0.4, 0.5) is 5.69 Å². The quantitative estimate of drug-likeness (QED) is 0.770. The van der Waals surface area contributed by atoms with E-state index in [4.69, 9.17) is 0 Å². The molecular weight excluding hydrogens is 262 g/mol. The van der Waals surface area contributed by atoms with Crippen molar-refractivity contribution in [1.29, 1.82) is 0 Å². The molecule has 0 bridgehead atoms. The Hall–Kier alpha value is -2.69. The molecule has 5 nitrogen and oxygen atoms in total. The Kier molecular flexibility index (Phi) is 3.64. The zero-order chi connectivity index (χ0) is 14.7. The first kappa shape index (κ1) is 13.3. The van der Waals surface area contributed by atoms with Crippen molar-refractivity contribution >= 4 is 5.69 Å². The van der Waals surface area contributed by atoms with E-state index in [0.29, 0.717) is 6.54 Å². The second-order valence-electron chi connectivity index (χ2n) is 4.95. The van der Waals surface area contributed by atoms with Crippen LogP contribution in [0.3, 0.4) is 0 Å². The minimum absolute atomic E-state index is 0.687. The van der Waals surface area contributed by atoms with E-state index in [2.05, 4.69) is 31.5 Å². The highest BCUT2D eigenvalue weighted by atomic mass is 15.1. The van der Waals surface area contributed by atoms with Crippen molar-refractivity contribution in [2.24, 2.45) is 0 Å². The molecule has 3 rings (SSSR count). The Labute approximate surface area is 123 Å². The number of hydrogen-bond donors (Lipinski definition) is 2. The monoisotopic (exact) mass is 279 g/mol. The summed E-state index contributed by atoms with van der Waals surface area (Å²) in [6.07, 6.45) is 5.43. The predicted molar refractivity (Wildman–Crippen MR) is 82.9 cm³/mol. The summed E-state index contributed by atoms with van der Waals surface area (Å²) in [4.78, 5) is 8.60. The Balaban J connectivity index is 1.79. The number of H-pyrrole nitrogens is 1. The van der Waals surface area contributed by atoms with Crippen LogP contribution in [0.15, 0.2) is 42.9 Å². The van der Waals surface area contributed by atoms with Gasteiger partial charge in [-0.05, 0) is 38.1 Å². The average Bonchev–Trinajstić information content (AvgIpc) is 2.96. The second-order valence-corrected chi connectivity index (χ2v) is 4.95. The Morgan fingerprint density at radius 2 is 2.05 bits per heavy atom. The van der Waals surface area contributed by atoms with E-state index in [9.17, 15) is 0 Å². The molecule has 0 atom stereocenters. The lowest BCUT2D eigenvalue weighted by Crippen LogP contribution is -2.03. The molecule has 0 amide bonds. The third-order valence-corrected chi connectivity index (χ3v) is 3.36. The minimum atomic E-state index is 0.687. The van der Waals surface area contributed by atoms with Gasteiger partial charge in [-0.25, -0.2) is 0 Å². The van der Waals surface area contributed by atoms with E-state index in [-0.39, 0.29) is 0 Å². The van der Waals surface area contributed by atoms with E-state index in [0.717, 1.165) is 33.9 Å². The van der Waals surface area contributed by atoms with Crippen LogP contribution in [0.5, 0.6) is 0 Å². The summed E-state index contributed by atoms with van der Waals surface area (Å²) in [5, 5.41) is 10.6. The van der Waals surface area contributed by atoms with Gasteiger partial charge in [-0.2, -0.15) is 5.10 Å². The maximum Gasteiger partial charge on any atom is 0.0715 e. The molecule has 5 heteroatoms. The van der Waals surface area contributed by atoms with Gasteiger partial charge in [0, 0.05) is 35.8 Å². The largest absolute Gasteiger partial charge is 0.379 e. The van der Waals surface area contributed by atoms with Crippen molar-refractivity contribution in [1.82, 2.24) is 20.2 Å². The lowest BCUT2D eigenvalue weighted by atomic mass is 10.1. The molecule has 106 valence electrons. The van der Waals surface area contributed by atoms with Crippen LogP contribution < -0.4 is 5.32 Å². The zero-order valence-electron chi connectivity index (χ0n) is 12.1.